The molecule has 0 bridgehead atoms. The minimum absolute atomic E-state index is 0.00972. The molecule has 0 aromatic rings. The van der Waals surface area contributed by atoms with Gasteiger partial charge in [-0.1, -0.05) is 26.7 Å². The van der Waals surface area contributed by atoms with Gasteiger partial charge < -0.3 is 15.3 Å². The highest BCUT2D eigenvalue weighted by molar-refractivity contribution is 4.99. The molecule has 21 heavy (non-hydrogen) atoms. The Hall–Kier alpha value is -0.120. The van der Waals surface area contributed by atoms with Crippen molar-refractivity contribution in [3.05, 3.63) is 0 Å². The Balaban J connectivity index is 1.85. The van der Waals surface area contributed by atoms with Gasteiger partial charge in [-0.3, -0.25) is 0 Å². The van der Waals surface area contributed by atoms with Crippen LogP contribution in [0.4, 0.5) is 0 Å². The van der Waals surface area contributed by atoms with Crippen molar-refractivity contribution in [1.29, 1.82) is 0 Å². The van der Waals surface area contributed by atoms with Crippen LogP contribution in [0.3, 0.4) is 0 Å². The Morgan fingerprint density at radius 1 is 1.14 bits per heavy atom. The molecule has 0 aromatic carbocycles. The molecule has 2 fully saturated rings. The molecule has 2 rings (SSSR count). The fourth-order valence-electron chi connectivity index (χ4n) is 4.41. The Morgan fingerprint density at radius 3 is 2.71 bits per heavy atom. The highest BCUT2D eigenvalue weighted by Gasteiger charge is 2.40. The smallest absolute Gasteiger partial charge is 0.0613 e. The number of aliphatic hydroxyl groups excluding tert-OH is 1. The van der Waals surface area contributed by atoms with Gasteiger partial charge in [0, 0.05) is 11.6 Å². The molecule has 1 aliphatic heterocycles. The number of rotatable bonds is 7. The Kier molecular flexibility index (Phi) is 6.97. The van der Waals surface area contributed by atoms with Crippen LogP contribution in [0.2, 0.25) is 0 Å². The molecule has 3 unspecified atom stereocenters. The highest BCUT2D eigenvalue weighted by atomic mass is 16.3. The van der Waals surface area contributed by atoms with E-state index in [2.05, 4.69) is 24.1 Å². The van der Waals surface area contributed by atoms with Crippen LogP contribution in [-0.2, 0) is 0 Å². The highest BCUT2D eigenvalue weighted by Crippen LogP contribution is 2.34. The molecule has 3 heteroatoms. The zero-order valence-electron chi connectivity index (χ0n) is 14.2. The summed E-state index contributed by atoms with van der Waals surface area (Å²) < 4.78 is 0. The van der Waals surface area contributed by atoms with Crippen LogP contribution in [0.25, 0.3) is 0 Å². The van der Waals surface area contributed by atoms with Gasteiger partial charge in [0.05, 0.1) is 6.61 Å². The third-order valence-corrected chi connectivity index (χ3v) is 5.73. The van der Waals surface area contributed by atoms with Crippen LogP contribution < -0.4 is 5.32 Å². The van der Waals surface area contributed by atoms with Crippen molar-refractivity contribution in [2.75, 3.05) is 26.2 Å². The number of nitrogens with zero attached hydrogens (tertiary/aromatic N) is 1. The molecule has 0 spiro atoms. The molecule has 3 nitrogen and oxygen atoms in total. The lowest BCUT2D eigenvalue weighted by Gasteiger charge is -2.32. The summed E-state index contributed by atoms with van der Waals surface area (Å²) in [5, 5.41) is 13.5. The molecule has 124 valence electrons. The van der Waals surface area contributed by atoms with Gasteiger partial charge in [-0.15, -0.1) is 0 Å². The summed E-state index contributed by atoms with van der Waals surface area (Å²) in [6.07, 6.45) is 11.6. The second kappa shape index (κ2) is 8.50. The molecular weight excluding hydrogens is 260 g/mol. The van der Waals surface area contributed by atoms with E-state index in [0.29, 0.717) is 12.6 Å². The molecule has 0 radical (unpaired) electrons. The van der Waals surface area contributed by atoms with Crippen molar-refractivity contribution in [3.8, 4) is 0 Å². The van der Waals surface area contributed by atoms with E-state index >= 15 is 0 Å². The largest absolute Gasteiger partial charge is 0.394 e. The van der Waals surface area contributed by atoms with E-state index in [1.807, 2.05) is 0 Å². The summed E-state index contributed by atoms with van der Waals surface area (Å²) in [6, 6.07) is 0.696. The van der Waals surface area contributed by atoms with Crippen LogP contribution in [0.15, 0.2) is 0 Å². The summed E-state index contributed by atoms with van der Waals surface area (Å²) in [7, 11) is 0. The SMILES string of the molecule is CCCNC1(CO)CCC(N2CCCC(CCC)CC2)C1. The van der Waals surface area contributed by atoms with Gasteiger partial charge in [-0.2, -0.15) is 0 Å². The first kappa shape index (κ1) is 17.2. The molecular formula is C18H36N2O. The lowest BCUT2D eigenvalue weighted by Crippen LogP contribution is -2.48. The predicted octanol–water partition coefficient (Wildman–Crippen LogP) is 3.17. The third kappa shape index (κ3) is 4.67. The van der Waals surface area contributed by atoms with E-state index in [4.69, 9.17) is 0 Å². The summed E-state index contributed by atoms with van der Waals surface area (Å²) >= 11 is 0. The minimum Gasteiger partial charge on any atom is -0.394 e. The number of hydrogen-bond acceptors (Lipinski definition) is 3. The van der Waals surface area contributed by atoms with E-state index in [9.17, 15) is 5.11 Å². The lowest BCUT2D eigenvalue weighted by molar-refractivity contribution is 0.143. The molecule has 0 amide bonds. The van der Waals surface area contributed by atoms with Gasteiger partial charge >= 0.3 is 0 Å². The second-order valence-electron chi connectivity index (χ2n) is 7.38. The maximum atomic E-state index is 9.85. The summed E-state index contributed by atoms with van der Waals surface area (Å²) in [5.74, 6) is 0.960. The maximum absolute atomic E-state index is 9.85. The van der Waals surface area contributed by atoms with Gasteiger partial charge in [0.15, 0.2) is 0 Å². The Morgan fingerprint density at radius 2 is 2.00 bits per heavy atom. The quantitative estimate of drug-likeness (QED) is 0.757. The normalized spacial score (nSPS) is 35.0. The number of aliphatic hydroxyl groups is 1. The summed E-state index contributed by atoms with van der Waals surface area (Å²) in [5.41, 5.74) is 0.00972. The van der Waals surface area contributed by atoms with Crippen molar-refractivity contribution in [2.24, 2.45) is 5.92 Å². The van der Waals surface area contributed by atoms with Gasteiger partial charge in [0.1, 0.15) is 0 Å². The van der Waals surface area contributed by atoms with Crippen LogP contribution in [0.1, 0.15) is 71.6 Å². The maximum Gasteiger partial charge on any atom is 0.0613 e. The number of likely N-dealkylation sites (tertiary alicyclic amines) is 1. The van der Waals surface area contributed by atoms with Crippen molar-refractivity contribution >= 4 is 0 Å². The van der Waals surface area contributed by atoms with Crippen LogP contribution in [0.5, 0.6) is 0 Å². The minimum atomic E-state index is 0.00972. The van der Waals surface area contributed by atoms with Crippen molar-refractivity contribution in [3.63, 3.8) is 0 Å². The van der Waals surface area contributed by atoms with Gasteiger partial charge in [0.25, 0.3) is 0 Å². The molecule has 2 N–H and O–H groups in total. The first-order valence-electron chi connectivity index (χ1n) is 9.33. The fraction of sp³-hybridized carbons (Fsp3) is 1.00. The predicted molar refractivity (Wildman–Crippen MR) is 89.6 cm³/mol. The molecule has 3 atom stereocenters. The van der Waals surface area contributed by atoms with E-state index in [0.717, 1.165) is 31.7 Å². The van der Waals surface area contributed by atoms with Crippen LogP contribution in [0, 0.1) is 5.92 Å². The van der Waals surface area contributed by atoms with Crippen LogP contribution >= 0.6 is 0 Å². The molecule has 2 aliphatic rings. The summed E-state index contributed by atoms with van der Waals surface area (Å²) in [6.45, 7) is 8.41. The lowest BCUT2D eigenvalue weighted by atomic mass is 9.96. The second-order valence-corrected chi connectivity index (χ2v) is 7.38. The van der Waals surface area contributed by atoms with E-state index in [1.165, 1.54) is 51.6 Å². The standard InChI is InChI=1S/C18H36N2O/c1-3-6-16-7-5-12-20(13-9-16)17-8-10-18(14-17,15-21)19-11-4-2/h16-17,19,21H,3-15H2,1-2H3. The average Bonchev–Trinajstić information content (AvgIpc) is 2.79. The molecule has 1 heterocycles. The number of hydrogen-bond donors (Lipinski definition) is 2. The van der Waals surface area contributed by atoms with Crippen molar-refractivity contribution < 1.29 is 5.11 Å². The van der Waals surface area contributed by atoms with Gasteiger partial charge in [-0.05, 0) is 70.5 Å². The molecule has 1 saturated carbocycles. The van der Waals surface area contributed by atoms with E-state index < -0.39 is 0 Å². The number of nitrogens with one attached hydrogen (secondary N) is 1. The zero-order chi connectivity index (χ0) is 15.1. The topological polar surface area (TPSA) is 35.5 Å². The van der Waals surface area contributed by atoms with Crippen LogP contribution in [-0.4, -0.2) is 47.8 Å². The molecule has 0 aromatic heterocycles. The zero-order valence-corrected chi connectivity index (χ0v) is 14.2. The first-order chi connectivity index (χ1) is 10.2. The van der Waals surface area contributed by atoms with E-state index in [-0.39, 0.29) is 5.54 Å². The van der Waals surface area contributed by atoms with Crippen molar-refractivity contribution in [1.82, 2.24) is 10.2 Å². The third-order valence-electron chi connectivity index (χ3n) is 5.73. The van der Waals surface area contributed by atoms with E-state index in [1.54, 1.807) is 0 Å². The average molecular weight is 296 g/mol. The van der Waals surface area contributed by atoms with Gasteiger partial charge in [-0.25, -0.2) is 0 Å². The Bertz CT molecular complexity index is 297. The van der Waals surface area contributed by atoms with Gasteiger partial charge in [0.2, 0.25) is 0 Å². The molecule has 1 saturated heterocycles. The molecule has 1 aliphatic carbocycles. The fourth-order valence-corrected chi connectivity index (χ4v) is 4.41. The Labute approximate surface area is 131 Å². The summed E-state index contributed by atoms with van der Waals surface area (Å²) in [4.78, 5) is 2.74. The van der Waals surface area contributed by atoms with Crippen molar-refractivity contribution in [2.45, 2.75) is 83.2 Å². The first-order valence-corrected chi connectivity index (χ1v) is 9.33. The monoisotopic (exact) mass is 296 g/mol.